The zero-order valence-corrected chi connectivity index (χ0v) is 15.9. The number of aryl methyl sites for hydroxylation is 2. The van der Waals surface area contributed by atoms with E-state index in [0.717, 1.165) is 61.4 Å². The molecular formula is C21H22ClN3O2. The smallest absolute Gasteiger partial charge is 0.226 e. The van der Waals surface area contributed by atoms with Crippen LogP contribution in [-0.2, 0) is 17.6 Å². The summed E-state index contributed by atoms with van der Waals surface area (Å²) in [5.41, 5.74) is 4.44. The first-order chi connectivity index (χ1) is 13.3. The number of pyridine rings is 1. The van der Waals surface area contributed by atoms with Crippen LogP contribution in [0.3, 0.4) is 0 Å². The Balaban J connectivity index is 1.66. The molecule has 5 rings (SSSR count). The highest BCUT2D eigenvalue weighted by Gasteiger charge is 2.24. The van der Waals surface area contributed by atoms with Crippen LogP contribution < -0.4 is 4.74 Å². The molecule has 1 aromatic carbocycles. The maximum Gasteiger partial charge on any atom is 0.226 e. The lowest BCUT2D eigenvalue weighted by molar-refractivity contribution is 0.0233. The molecule has 1 fully saturated rings. The minimum absolute atomic E-state index is 0.140. The van der Waals surface area contributed by atoms with Gasteiger partial charge in [-0.3, -0.25) is 4.98 Å². The Morgan fingerprint density at radius 2 is 1.85 bits per heavy atom. The minimum atomic E-state index is 0.140. The molecule has 0 saturated carbocycles. The van der Waals surface area contributed by atoms with Crippen molar-refractivity contribution in [1.82, 2.24) is 14.8 Å². The van der Waals surface area contributed by atoms with Crippen molar-refractivity contribution < 1.29 is 9.47 Å². The maximum absolute atomic E-state index is 6.46. The van der Waals surface area contributed by atoms with Crippen LogP contribution in [0, 0.1) is 0 Å². The normalized spacial score (nSPS) is 17.8. The van der Waals surface area contributed by atoms with Gasteiger partial charge in [0.25, 0.3) is 0 Å². The Labute approximate surface area is 163 Å². The van der Waals surface area contributed by atoms with Gasteiger partial charge in [0.1, 0.15) is 11.6 Å². The van der Waals surface area contributed by atoms with Crippen LogP contribution in [0.1, 0.15) is 36.9 Å². The van der Waals surface area contributed by atoms with Gasteiger partial charge in [0.2, 0.25) is 5.88 Å². The fourth-order valence-corrected chi connectivity index (χ4v) is 4.13. The highest BCUT2D eigenvalue weighted by Crippen LogP contribution is 2.35. The number of ether oxygens (including phenoxy) is 2. The van der Waals surface area contributed by atoms with Gasteiger partial charge in [-0.05, 0) is 49.9 Å². The fourth-order valence-electron chi connectivity index (χ4n) is 4.01. The van der Waals surface area contributed by atoms with Gasteiger partial charge in [0, 0.05) is 35.3 Å². The number of hydrogen-bond donors (Lipinski definition) is 0. The van der Waals surface area contributed by atoms with Crippen molar-refractivity contribution in [2.75, 3.05) is 13.2 Å². The Morgan fingerprint density at radius 1 is 1.07 bits per heavy atom. The zero-order valence-electron chi connectivity index (χ0n) is 15.2. The molecule has 1 aliphatic carbocycles. The number of rotatable bonds is 3. The van der Waals surface area contributed by atoms with Gasteiger partial charge < -0.3 is 9.47 Å². The first kappa shape index (κ1) is 17.0. The quantitative estimate of drug-likeness (QED) is 0.667. The van der Waals surface area contributed by atoms with E-state index in [4.69, 9.17) is 31.2 Å². The highest BCUT2D eigenvalue weighted by atomic mass is 35.5. The van der Waals surface area contributed by atoms with E-state index in [-0.39, 0.29) is 6.10 Å². The lowest BCUT2D eigenvalue weighted by Gasteiger charge is -2.23. The molecule has 1 aliphatic heterocycles. The second-order valence-electron chi connectivity index (χ2n) is 7.28. The Morgan fingerprint density at radius 3 is 2.67 bits per heavy atom. The number of fused-ring (bicyclic) bond motifs is 3. The summed E-state index contributed by atoms with van der Waals surface area (Å²) in [7, 11) is 0. The first-order valence-electron chi connectivity index (χ1n) is 9.69. The summed E-state index contributed by atoms with van der Waals surface area (Å²) in [6, 6.07) is 7.72. The second-order valence-corrected chi connectivity index (χ2v) is 7.71. The number of nitrogens with zero attached hydrogens (tertiary/aromatic N) is 3. The van der Waals surface area contributed by atoms with Crippen LogP contribution in [0.4, 0.5) is 0 Å². The standard InChI is InChI=1S/C21H22ClN3O2/c22-14-5-7-15(8-6-14)25-21(27-16-9-11-26-12-10-16)18-13-23-19-4-2-1-3-17(19)20(18)24-25/h5-8,13,16H,1-4,9-12H2. The summed E-state index contributed by atoms with van der Waals surface area (Å²) in [6.45, 7) is 1.48. The van der Waals surface area contributed by atoms with Gasteiger partial charge in [-0.15, -0.1) is 0 Å². The van der Waals surface area contributed by atoms with Crippen molar-refractivity contribution in [2.45, 2.75) is 44.6 Å². The molecule has 0 amide bonds. The Hall–Kier alpha value is -2.11. The molecule has 0 spiro atoms. The summed E-state index contributed by atoms with van der Waals surface area (Å²) in [6.07, 6.45) is 8.33. The van der Waals surface area contributed by atoms with Crippen molar-refractivity contribution in [1.29, 1.82) is 0 Å². The number of hydrogen-bond acceptors (Lipinski definition) is 4. The average molecular weight is 384 g/mol. The van der Waals surface area contributed by atoms with E-state index >= 15 is 0 Å². The molecule has 0 radical (unpaired) electrons. The third kappa shape index (κ3) is 3.19. The number of halogens is 1. The lowest BCUT2D eigenvalue weighted by atomic mass is 9.95. The average Bonchev–Trinajstić information content (AvgIpc) is 3.08. The van der Waals surface area contributed by atoms with Gasteiger partial charge in [-0.25, -0.2) is 0 Å². The highest BCUT2D eigenvalue weighted by molar-refractivity contribution is 6.30. The summed E-state index contributed by atoms with van der Waals surface area (Å²) in [5, 5.41) is 6.68. The molecule has 0 unspecified atom stereocenters. The van der Waals surface area contributed by atoms with Crippen LogP contribution in [0.5, 0.6) is 5.88 Å². The van der Waals surface area contributed by atoms with Crippen molar-refractivity contribution in [3.05, 3.63) is 46.7 Å². The van der Waals surface area contributed by atoms with Crippen LogP contribution >= 0.6 is 11.6 Å². The molecule has 1 saturated heterocycles. The van der Waals surface area contributed by atoms with E-state index in [1.165, 1.54) is 24.1 Å². The Bertz CT molecular complexity index is 962. The van der Waals surface area contributed by atoms with E-state index in [9.17, 15) is 0 Å². The predicted octanol–water partition coefficient (Wildman–Crippen LogP) is 4.51. The van der Waals surface area contributed by atoms with Gasteiger partial charge in [-0.2, -0.15) is 9.78 Å². The van der Waals surface area contributed by atoms with Gasteiger partial charge in [0.15, 0.2) is 0 Å². The topological polar surface area (TPSA) is 49.2 Å². The summed E-state index contributed by atoms with van der Waals surface area (Å²) in [5.74, 6) is 0.778. The van der Waals surface area contributed by atoms with Crippen molar-refractivity contribution in [2.24, 2.45) is 0 Å². The Kier molecular flexibility index (Phi) is 4.50. The maximum atomic E-state index is 6.46. The van der Waals surface area contributed by atoms with E-state index in [1.54, 1.807) is 0 Å². The molecule has 3 aromatic rings. The van der Waals surface area contributed by atoms with Crippen LogP contribution in [0.25, 0.3) is 16.6 Å². The van der Waals surface area contributed by atoms with Crippen molar-refractivity contribution in [3.8, 4) is 11.6 Å². The third-order valence-corrected chi connectivity index (χ3v) is 5.72. The van der Waals surface area contributed by atoms with Crippen LogP contribution in [0.15, 0.2) is 30.5 Å². The fraction of sp³-hybridized carbons (Fsp3) is 0.429. The first-order valence-corrected chi connectivity index (χ1v) is 10.1. The van der Waals surface area contributed by atoms with Gasteiger partial charge >= 0.3 is 0 Å². The van der Waals surface area contributed by atoms with E-state index in [0.29, 0.717) is 5.02 Å². The summed E-state index contributed by atoms with van der Waals surface area (Å²) >= 11 is 6.08. The summed E-state index contributed by atoms with van der Waals surface area (Å²) in [4.78, 5) is 4.74. The number of benzene rings is 1. The molecule has 3 heterocycles. The number of aromatic nitrogens is 3. The monoisotopic (exact) mass is 383 g/mol. The lowest BCUT2D eigenvalue weighted by Crippen LogP contribution is -2.26. The molecule has 2 aromatic heterocycles. The zero-order chi connectivity index (χ0) is 18.2. The van der Waals surface area contributed by atoms with E-state index in [2.05, 4.69) is 0 Å². The molecular weight excluding hydrogens is 362 g/mol. The molecule has 2 aliphatic rings. The second kappa shape index (κ2) is 7.13. The van der Waals surface area contributed by atoms with Gasteiger partial charge in [0.05, 0.1) is 24.3 Å². The molecule has 140 valence electrons. The minimum Gasteiger partial charge on any atom is -0.474 e. The SMILES string of the molecule is Clc1ccc(-n2nc3c4c(ncc3c2OC2CCOCC2)CCCC4)cc1. The summed E-state index contributed by atoms with van der Waals surface area (Å²) < 4.78 is 13.9. The molecule has 0 bridgehead atoms. The van der Waals surface area contributed by atoms with Crippen molar-refractivity contribution in [3.63, 3.8) is 0 Å². The van der Waals surface area contributed by atoms with Crippen LogP contribution in [0.2, 0.25) is 5.02 Å². The third-order valence-electron chi connectivity index (χ3n) is 5.47. The largest absolute Gasteiger partial charge is 0.474 e. The predicted molar refractivity (Wildman–Crippen MR) is 105 cm³/mol. The molecule has 0 N–H and O–H groups in total. The van der Waals surface area contributed by atoms with E-state index < -0.39 is 0 Å². The van der Waals surface area contributed by atoms with Crippen LogP contribution in [-0.4, -0.2) is 34.1 Å². The molecule has 6 heteroatoms. The molecule has 5 nitrogen and oxygen atoms in total. The molecule has 0 atom stereocenters. The van der Waals surface area contributed by atoms with E-state index in [1.807, 2.05) is 35.1 Å². The van der Waals surface area contributed by atoms with Crippen molar-refractivity contribution >= 4 is 22.5 Å². The van der Waals surface area contributed by atoms with Gasteiger partial charge in [-0.1, -0.05) is 11.6 Å². The molecule has 27 heavy (non-hydrogen) atoms.